The zero-order valence-corrected chi connectivity index (χ0v) is 11.3. The van der Waals surface area contributed by atoms with E-state index in [4.69, 9.17) is 5.73 Å². The van der Waals surface area contributed by atoms with Gasteiger partial charge in [-0.05, 0) is 60.8 Å². The summed E-state index contributed by atoms with van der Waals surface area (Å²) in [5.74, 6) is 2.01. The monoisotopic (exact) mass is 297 g/mol. The Hall–Kier alpha value is -0.410. The number of fused-ring (bicyclic) bond motifs is 2. The zero-order valence-electron chi connectivity index (χ0n) is 9.70. The lowest BCUT2D eigenvalue weighted by molar-refractivity contribution is 0.284. The third-order valence-electron chi connectivity index (χ3n) is 4.52. The molecule has 0 heterocycles. The normalized spacial score (nSPS) is 33.0. The third kappa shape index (κ3) is 2.15. The van der Waals surface area contributed by atoms with Crippen LogP contribution in [0.5, 0.6) is 0 Å². The van der Waals surface area contributed by atoms with Crippen LogP contribution < -0.4 is 5.73 Å². The molecule has 2 fully saturated rings. The first-order chi connectivity index (χ1) is 8.13. The van der Waals surface area contributed by atoms with E-state index in [2.05, 4.69) is 15.9 Å². The van der Waals surface area contributed by atoms with Crippen LogP contribution in [0.15, 0.2) is 22.7 Å². The third-order valence-corrected chi connectivity index (χ3v) is 4.98. The van der Waals surface area contributed by atoms with Crippen LogP contribution in [0.1, 0.15) is 37.3 Å². The molecule has 3 heteroatoms. The van der Waals surface area contributed by atoms with Crippen molar-refractivity contribution in [1.29, 1.82) is 0 Å². The van der Waals surface area contributed by atoms with Crippen molar-refractivity contribution >= 4 is 15.9 Å². The summed E-state index contributed by atoms with van der Waals surface area (Å²) in [4.78, 5) is 0. The van der Waals surface area contributed by atoms with Gasteiger partial charge in [0.2, 0.25) is 0 Å². The number of halogens is 2. The van der Waals surface area contributed by atoms with E-state index in [1.54, 1.807) is 6.07 Å². The van der Waals surface area contributed by atoms with Crippen molar-refractivity contribution in [3.05, 3.63) is 34.1 Å². The molecule has 0 saturated heterocycles. The second-order valence-corrected chi connectivity index (χ2v) is 6.48. The predicted molar refractivity (Wildman–Crippen MR) is 70.0 cm³/mol. The Bertz CT molecular complexity index is 414. The Morgan fingerprint density at radius 3 is 2.65 bits per heavy atom. The quantitative estimate of drug-likeness (QED) is 0.876. The Kier molecular flexibility index (Phi) is 2.99. The van der Waals surface area contributed by atoms with Crippen LogP contribution in [-0.4, -0.2) is 0 Å². The molecule has 17 heavy (non-hydrogen) atoms. The first-order valence-electron chi connectivity index (χ1n) is 6.35. The number of hydrogen-bond acceptors (Lipinski definition) is 1. The van der Waals surface area contributed by atoms with Crippen LogP contribution >= 0.6 is 15.9 Å². The molecule has 92 valence electrons. The minimum atomic E-state index is -0.201. The van der Waals surface area contributed by atoms with E-state index in [1.807, 2.05) is 6.07 Å². The van der Waals surface area contributed by atoms with Crippen molar-refractivity contribution in [1.82, 2.24) is 0 Å². The first-order valence-corrected chi connectivity index (χ1v) is 7.14. The van der Waals surface area contributed by atoms with Crippen molar-refractivity contribution in [2.45, 2.75) is 31.7 Å². The van der Waals surface area contributed by atoms with E-state index in [0.29, 0.717) is 5.92 Å². The minimum absolute atomic E-state index is 0.00250. The van der Waals surface area contributed by atoms with Crippen LogP contribution in [0, 0.1) is 23.6 Å². The average Bonchev–Trinajstić information content (AvgIpc) is 2.88. The highest BCUT2D eigenvalue weighted by Gasteiger charge is 2.42. The van der Waals surface area contributed by atoms with Crippen LogP contribution in [0.3, 0.4) is 0 Å². The van der Waals surface area contributed by atoms with Gasteiger partial charge in [0.1, 0.15) is 5.82 Å². The summed E-state index contributed by atoms with van der Waals surface area (Å²) in [7, 11) is 0. The summed E-state index contributed by atoms with van der Waals surface area (Å²) < 4.78 is 14.2. The first kappa shape index (κ1) is 11.7. The molecule has 4 unspecified atom stereocenters. The highest BCUT2D eigenvalue weighted by Crippen LogP contribution is 2.52. The molecule has 2 bridgehead atoms. The molecule has 2 aliphatic rings. The predicted octanol–water partition coefficient (Wildman–Crippen LogP) is 4.02. The van der Waals surface area contributed by atoms with E-state index in [1.165, 1.54) is 31.7 Å². The average molecular weight is 298 g/mol. The molecule has 0 radical (unpaired) electrons. The molecular formula is C14H17BrFN. The van der Waals surface area contributed by atoms with Gasteiger partial charge in [-0.2, -0.15) is 0 Å². The molecule has 2 saturated carbocycles. The summed E-state index contributed by atoms with van der Waals surface area (Å²) >= 11 is 3.34. The van der Waals surface area contributed by atoms with Crippen molar-refractivity contribution < 1.29 is 4.39 Å². The lowest BCUT2D eigenvalue weighted by Crippen LogP contribution is -2.26. The largest absolute Gasteiger partial charge is 0.324 e. The van der Waals surface area contributed by atoms with Gasteiger partial charge in [-0.1, -0.05) is 22.4 Å². The summed E-state index contributed by atoms with van der Waals surface area (Å²) in [6.45, 7) is 0. The Morgan fingerprint density at radius 1 is 1.24 bits per heavy atom. The maximum Gasteiger partial charge on any atom is 0.124 e. The molecule has 3 rings (SSSR count). The van der Waals surface area contributed by atoms with Gasteiger partial charge in [-0.15, -0.1) is 0 Å². The fraction of sp³-hybridized carbons (Fsp3) is 0.571. The Morgan fingerprint density at radius 2 is 2.06 bits per heavy atom. The molecule has 0 aromatic heterocycles. The van der Waals surface area contributed by atoms with E-state index in [0.717, 1.165) is 21.9 Å². The van der Waals surface area contributed by atoms with Crippen LogP contribution in [0.4, 0.5) is 4.39 Å². The van der Waals surface area contributed by atoms with Gasteiger partial charge >= 0.3 is 0 Å². The Balaban J connectivity index is 1.83. The molecule has 2 N–H and O–H groups in total. The van der Waals surface area contributed by atoms with E-state index >= 15 is 0 Å². The highest BCUT2D eigenvalue weighted by atomic mass is 79.9. The molecule has 0 aliphatic heterocycles. The molecule has 0 spiro atoms. The van der Waals surface area contributed by atoms with E-state index in [-0.39, 0.29) is 11.9 Å². The SMILES string of the molecule is NC(c1cc(F)cc(Br)c1)C1CC2CCC1C2. The lowest BCUT2D eigenvalue weighted by atomic mass is 9.81. The fourth-order valence-corrected chi connectivity index (χ4v) is 4.23. The molecule has 1 aromatic carbocycles. The second kappa shape index (κ2) is 4.36. The minimum Gasteiger partial charge on any atom is -0.324 e. The smallest absolute Gasteiger partial charge is 0.124 e. The zero-order chi connectivity index (χ0) is 12.0. The van der Waals surface area contributed by atoms with Gasteiger partial charge in [-0.3, -0.25) is 0 Å². The second-order valence-electron chi connectivity index (χ2n) is 5.57. The molecule has 4 atom stereocenters. The maximum atomic E-state index is 13.4. The standard InChI is InChI=1S/C14H17BrFN/c15-11-5-10(6-12(16)7-11)14(17)13-4-8-1-2-9(13)3-8/h5-9,13-14H,1-4,17H2. The van der Waals surface area contributed by atoms with Crippen molar-refractivity contribution in [3.63, 3.8) is 0 Å². The van der Waals surface area contributed by atoms with Gasteiger partial charge < -0.3 is 5.73 Å². The number of benzene rings is 1. The van der Waals surface area contributed by atoms with Gasteiger partial charge in [0, 0.05) is 10.5 Å². The van der Waals surface area contributed by atoms with E-state index in [9.17, 15) is 4.39 Å². The van der Waals surface area contributed by atoms with Crippen molar-refractivity contribution in [2.75, 3.05) is 0 Å². The maximum absolute atomic E-state index is 13.4. The molecule has 0 amide bonds. The summed E-state index contributed by atoms with van der Waals surface area (Å²) in [5, 5.41) is 0. The van der Waals surface area contributed by atoms with Gasteiger partial charge in [0.25, 0.3) is 0 Å². The molecule has 2 aliphatic carbocycles. The lowest BCUT2D eigenvalue weighted by Gasteiger charge is -2.28. The molecular weight excluding hydrogens is 281 g/mol. The van der Waals surface area contributed by atoms with Crippen molar-refractivity contribution in [2.24, 2.45) is 23.5 Å². The summed E-state index contributed by atoms with van der Waals surface area (Å²) in [5.41, 5.74) is 7.28. The topological polar surface area (TPSA) is 26.0 Å². The van der Waals surface area contributed by atoms with Crippen LogP contribution in [0.2, 0.25) is 0 Å². The van der Waals surface area contributed by atoms with Gasteiger partial charge in [-0.25, -0.2) is 4.39 Å². The number of nitrogens with two attached hydrogens (primary N) is 1. The van der Waals surface area contributed by atoms with Crippen molar-refractivity contribution in [3.8, 4) is 0 Å². The van der Waals surface area contributed by atoms with Gasteiger partial charge in [0.15, 0.2) is 0 Å². The summed E-state index contributed by atoms with van der Waals surface area (Å²) in [6.07, 6.45) is 5.27. The number of rotatable bonds is 2. The molecule has 1 aromatic rings. The van der Waals surface area contributed by atoms with E-state index < -0.39 is 0 Å². The number of hydrogen-bond donors (Lipinski definition) is 1. The molecule has 1 nitrogen and oxygen atoms in total. The highest BCUT2D eigenvalue weighted by molar-refractivity contribution is 9.10. The fourth-order valence-electron chi connectivity index (χ4n) is 3.75. The summed E-state index contributed by atoms with van der Waals surface area (Å²) in [6, 6.07) is 5.02. The van der Waals surface area contributed by atoms with Gasteiger partial charge in [0.05, 0.1) is 0 Å². The van der Waals surface area contributed by atoms with Crippen LogP contribution in [-0.2, 0) is 0 Å². The van der Waals surface area contributed by atoms with Crippen LogP contribution in [0.25, 0.3) is 0 Å². The Labute approximate surface area is 110 Å².